The SMILES string of the molecule is Cc1cc(Cl)c(C(=O)O)cc1OC(F)F. The van der Waals surface area contributed by atoms with E-state index in [1.54, 1.807) is 0 Å². The Morgan fingerprint density at radius 3 is 2.60 bits per heavy atom. The third kappa shape index (κ3) is 2.79. The summed E-state index contributed by atoms with van der Waals surface area (Å²) in [6.45, 7) is -1.50. The lowest BCUT2D eigenvalue weighted by Crippen LogP contribution is -2.06. The highest BCUT2D eigenvalue weighted by atomic mass is 35.5. The summed E-state index contributed by atoms with van der Waals surface area (Å²) in [5.41, 5.74) is 0.0863. The van der Waals surface area contributed by atoms with Gasteiger partial charge < -0.3 is 9.84 Å². The van der Waals surface area contributed by atoms with E-state index in [4.69, 9.17) is 16.7 Å². The summed E-state index contributed by atoms with van der Waals surface area (Å²) in [6, 6.07) is 2.24. The highest BCUT2D eigenvalue weighted by molar-refractivity contribution is 6.33. The van der Waals surface area contributed by atoms with E-state index in [1.165, 1.54) is 13.0 Å². The molecule has 0 saturated carbocycles. The van der Waals surface area contributed by atoms with Crippen LogP contribution in [-0.2, 0) is 0 Å². The third-order valence-corrected chi connectivity index (χ3v) is 2.02. The normalized spacial score (nSPS) is 10.5. The maximum absolute atomic E-state index is 11.9. The van der Waals surface area contributed by atoms with Gasteiger partial charge in [-0.1, -0.05) is 11.6 Å². The summed E-state index contributed by atoms with van der Waals surface area (Å²) in [4.78, 5) is 10.6. The number of rotatable bonds is 3. The number of alkyl halides is 2. The van der Waals surface area contributed by atoms with E-state index in [2.05, 4.69) is 4.74 Å². The van der Waals surface area contributed by atoms with Crippen LogP contribution < -0.4 is 4.74 Å². The zero-order valence-corrected chi connectivity index (χ0v) is 8.39. The first-order valence-electron chi connectivity index (χ1n) is 3.90. The average molecular weight is 237 g/mol. The Bertz CT molecular complexity index is 393. The largest absolute Gasteiger partial charge is 0.478 e. The van der Waals surface area contributed by atoms with Crippen molar-refractivity contribution in [2.75, 3.05) is 0 Å². The summed E-state index contributed by atoms with van der Waals surface area (Å²) in [5, 5.41) is 8.68. The molecule has 82 valence electrons. The minimum absolute atomic E-state index is 0.0124. The molecular formula is C9H7ClF2O3. The highest BCUT2D eigenvalue weighted by Gasteiger charge is 2.15. The number of aryl methyl sites for hydroxylation is 1. The molecule has 15 heavy (non-hydrogen) atoms. The van der Waals surface area contributed by atoms with Gasteiger partial charge in [-0.3, -0.25) is 0 Å². The van der Waals surface area contributed by atoms with Crippen LogP contribution in [0.15, 0.2) is 12.1 Å². The molecule has 0 aromatic heterocycles. The number of carboxylic acid groups (broad SMARTS) is 1. The highest BCUT2D eigenvalue weighted by Crippen LogP contribution is 2.27. The average Bonchev–Trinajstić information content (AvgIpc) is 2.08. The van der Waals surface area contributed by atoms with E-state index in [1.807, 2.05) is 0 Å². The summed E-state index contributed by atoms with van der Waals surface area (Å²) in [6.07, 6.45) is 0. The number of halogens is 3. The van der Waals surface area contributed by atoms with Gasteiger partial charge in [-0.25, -0.2) is 4.79 Å². The number of hydrogen-bond donors (Lipinski definition) is 1. The molecule has 0 aliphatic carbocycles. The van der Waals surface area contributed by atoms with Crippen molar-refractivity contribution in [2.45, 2.75) is 13.5 Å². The van der Waals surface area contributed by atoms with Crippen molar-refractivity contribution in [1.82, 2.24) is 0 Å². The van der Waals surface area contributed by atoms with Crippen molar-refractivity contribution in [1.29, 1.82) is 0 Å². The summed E-state index contributed by atoms with van der Waals surface area (Å²) in [5.74, 6) is -1.48. The van der Waals surface area contributed by atoms with Gasteiger partial charge in [0.1, 0.15) is 5.75 Å². The van der Waals surface area contributed by atoms with Crippen LogP contribution in [-0.4, -0.2) is 17.7 Å². The number of ether oxygens (including phenoxy) is 1. The number of aromatic carboxylic acids is 1. The standard InChI is InChI=1S/C9H7ClF2O3/c1-4-2-6(10)5(8(13)14)3-7(4)15-9(11)12/h2-3,9H,1H3,(H,13,14). The van der Waals surface area contributed by atoms with Gasteiger partial charge in [0.05, 0.1) is 10.6 Å². The maximum atomic E-state index is 11.9. The van der Waals surface area contributed by atoms with Gasteiger partial charge in [0, 0.05) is 0 Å². The molecule has 1 aromatic carbocycles. The Balaban J connectivity index is 3.17. The fraction of sp³-hybridized carbons (Fsp3) is 0.222. The molecule has 0 atom stereocenters. The van der Waals surface area contributed by atoms with Gasteiger partial charge in [-0.2, -0.15) is 8.78 Å². The van der Waals surface area contributed by atoms with Crippen LogP contribution in [0, 0.1) is 6.92 Å². The fourth-order valence-corrected chi connectivity index (χ4v) is 1.34. The molecular weight excluding hydrogens is 230 g/mol. The molecule has 1 rings (SSSR count). The molecule has 0 spiro atoms. The number of hydrogen-bond acceptors (Lipinski definition) is 2. The zero-order valence-electron chi connectivity index (χ0n) is 7.63. The fourth-order valence-electron chi connectivity index (χ4n) is 1.04. The molecule has 0 radical (unpaired) electrons. The summed E-state index contributed by atoms with van der Waals surface area (Å²) < 4.78 is 28.0. The number of carbonyl (C=O) groups is 1. The van der Waals surface area contributed by atoms with Crippen molar-refractivity contribution in [3.8, 4) is 5.75 Å². The van der Waals surface area contributed by atoms with E-state index in [9.17, 15) is 13.6 Å². The van der Waals surface area contributed by atoms with E-state index in [0.29, 0.717) is 5.56 Å². The van der Waals surface area contributed by atoms with Crippen LogP contribution in [0.4, 0.5) is 8.78 Å². The summed E-state index contributed by atoms with van der Waals surface area (Å²) >= 11 is 5.61. The molecule has 3 nitrogen and oxygen atoms in total. The topological polar surface area (TPSA) is 46.5 Å². The minimum atomic E-state index is -2.99. The quantitative estimate of drug-likeness (QED) is 0.878. The molecule has 0 heterocycles. The van der Waals surface area contributed by atoms with Crippen molar-refractivity contribution in [3.63, 3.8) is 0 Å². The molecule has 0 aliphatic rings. The lowest BCUT2D eigenvalue weighted by molar-refractivity contribution is -0.0503. The second-order valence-corrected chi connectivity index (χ2v) is 3.19. The molecule has 0 unspecified atom stereocenters. The molecule has 6 heteroatoms. The van der Waals surface area contributed by atoms with E-state index < -0.39 is 12.6 Å². The first kappa shape index (κ1) is 11.7. The predicted molar refractivity (Wildman–Crippen MR) is 49.8 cm³/mol. The van der Waals surface area contributed by atoms with Gasteiger partial charge in [0.2, 0.25) is 0 Å². The second kappa shape index (κ2) is 4.44. The molecule has 0 bridgehead atoms. The Morgan fingerprint density at radius 1 is 1.53 bits per heavy atom. The molecule has 0 amide bonds. The Labute approximate surface area is 89.2 Å². The minimum Gasteiger partial charge on any atom is -0.478 e. The Kier molecular flexibility index (Phi) is 3.47. The van der Waals surface area contributed by atoms with Gasteiger partial charge in [-0.05, 0) is 24.6 Å². The van der Waals surface area contributed by atoms with Gasteiger partial charge in [-0.15, -0.1) is 0 Å². The molecule has 1 aromatic rings. The number of benzene rings is 1. The van der Waals surface area contributed by atoms with Crippen molar-refractivity contribution < 1.29 is 23.4 Å². The second-order valence-electron chi connectivity index (χ2n) is 2.78. The van der Waals surface area contributed by atoms with Gasteiger partial charge >= 0.3 is 12.6 Å². The lowest BCUT2D eigenvalue weighted by Gasteiger charge is -2.09. The predicted octanol–water partition coefficient (Wildman–Crippen LogP) is 2.95. The summed E-state index contributed by atoms with van der Waals surface area (Å²) in [7, 11) is 0. The Hall–Kier alpha value is -1.36. The van der Waals surface area contributed by atoms with Crippen LogP contribution in [0.3, 0.4) is 0 Å². The monoisotopic (exact) mass is 236 g/mol. The smallest absolute Gasteiger partial charge is 0.387 e. The number of carboxylic acids is 1. The molecule has 0 aliphatic heterocycles. The van der Waals surface area contributed by atoms with Crippen LogP contribution in [0.5, 0.6) is 5.75 Å². The zero-order chi connectivity index (χ0) is 11.6. The van der Waals surface area contributed by atoms with Crippen LogP contribution in [0.25, 0.3) is 0 Å². The van der Waals surface area contributed by atoms with Crippen molar-refractivity contribution in [3.05, 3.63) is 28.3 Å². The van der Waals surface area contributed by atoms with E-state index >= 15 is 0 Å². The first-order valence-corrected chi connectivity index (χ1v) is 4.28. The van der Waals surface area contributed by atoms with E-state index in [-0.39, 0.29) is 16.3 Å². The van der Waals surface area contributed by atoms with Gasteiger partial charge in [0.15, 0.2) is 0 Å². The molecule has 0 saturated heterocycles. The van der Waals surface area contributed by atoms with Crippen LogP contribution in [0.1, 0.15) is 15.9 Å². The van der Waals surface area contributed by atoms with Gasteiger partial charge in [0.25, 0.3) is 0 Å². The third-order valence-electron chi connectivity index (χ3n) is 1.71. The Morgan fingerprint density at radius 2 is 2.13 bits per heavy atom. The van der Waals surface area contributed by atoms with Crippen LogP contribution >= 0.6 is 11.6 Å². The van der Waals surface area contributed by atoms with E-state index in [0.717, 1.165) is 6.07 Å². The lowest BCUT2D eigenvalue weighted by atomic mass is 10.1. The van der Waals surface area contributed by atoms with Crippen molar-refractivity contribution >= 4 is 17.6 Å². The maximum Gasteiger partial charge on any atom is 0.387 e. The van der Waals surface area contributed by atoms with Crippen LogP contribution in [0.2, 0.25) is 5.02 Å². The van der Waals surface area contributed by atoms with Crippen molar-refractivity contribution in [2.24, 2.45) is 0 Å². The molecule has 1 N–H and O–H groups in total. The first-order chi connectivity index (χ1) is 6.91. The molecule has 0 fully saturated rings.